The second kappa shape index (κ2) is 8.81. The van der Waals surface area contributed by atoms with Gasteiger partial charge in [0.05, 0.1) is 19.1 Å². The van der Waals surface area contributed by atoms with Crippen LogP contribution in [0.3, 0.4) is 0 Å². The van der Waals surface area contributed by atoms with Crippen LogP contribution < -0.4 is 0 Å². The number of carbonyl (C=O) groups excluding carboxylic acids is 2. The largest absolute Gasteiger partial charge is 0.455 e. The summed E-state index contributed by atoms with van der Waals surface area (Å²) >= 11 is 0. The van der Waals surface area contributed by atoms with Crippen LogP contribution >= 0.6 is 0 Å². The Balaban J connectivity index is 2.10. The van der Waals surface area contributed by atoms with Crippen molar-refractivity contribution >= 4 is 22.7 Å². The number of carbonyl (C=O) groups is 2. The molecule has 2 aromatic rings. The molecular weight excluding hydrogens is 320 g/mol. The molecule has 0 bridgehead atoms. The Labute approximate surface area is 146 Å². The van der Waals surface area contributed by atoms with Gasteiger partial charge in [0, 0.05) is 29.2 Å². The number of hydrogen-bond acceptors (Lipinski definition) is 5. The minimum Gasteiger partial charge on any atom is -0.455 e. The number of nitriles is 1. The zero-order chi connectivity index (χ0) is 18.2. The molecular formula is C19H20N2O4. The Bertz CT molecular complexity index is 816. The Kier molecular flexibility index (Phi) is 6.49. The Morgan fingerprint density at radius 1 is 1.40 bits per heavy atom. The van der Waals surface area contributed by atoms with Crippen molar-refractivity contribution in [3.05, 3.63) is 48.7 Å². The summed E-state index contributed by atoms with van der Waals surface area (Å²) in [7, 11) is 0. The summed E-state index contributed by atoms with van der Waals surface area (Å²) in [4.78, 5) is 24.3. The molecule has 1 aromatic carbocycles. The highest BCUT2D eigenvalue weighted by atomic mass is 16.6. The van der Waals surface area contributed by atoms with Crippen molar-refractivity contribution in [1.82, 2.24) is 4.57 Å². The molecule has 0 saturated carbocycles. The molecule has 0 fully saturated rings. The van der Waals surface area contributed by atoms with Gasteiger partial charge in [-0.05, 0) is 13.0 Å². The summed E-state index contributed by atoms with van der Waals surface area (Å²) in [5, 5.41) is 9.54. The van der Waals surface area contributed by atoms with Crippen molar-refractivity contribution in [3.63, 3.8) is 0 Å². The molecule has 1 aromatic heterocycles. The van der Waals surface area contributed by atoms with Gasteiger partial charge in [0.25, 0.3) is 0 Å². The first kappa shape index (κ1) is 18.4. The molecule has 0 saturated heterocycles. The van der Waals surface area contributed by atoms with E-state index in [9.17, 15) is 9.59 Å². The number of nitrogens with zero attached hydrogens (tertiary/aromatic N) is 2. The second-order valence-electron chi connectivity index (χ2n) is 5.46. The van der Waals surface area contributed by atoms with E-state index < -0.39 is 12.1 Å². The maximum absolute atomic E-state index is 12.5. The average Bonchev–Trinajstić information content (AvgIpc) is 3.01. The SMILES string of the molecule is C=CCOC(C)C(=O)OCC(=O)c1cn(CCC#N)c2ccccc12. The second-order valence-corrected chi connectivity index (χ2v) is 5.46. The van der Waals surface area contributed by atoms with Crippen LogP contribution in [0.5, 0.6) is 0 Å². The first-order chi connectivity index (χ1) is 12.1. The van der Waals surface area contributed by atoms with Crippen LogP contribution in [-0.4, -0.2) is 35.6 Å². The molecule has 6 nitrogen and oxygen atoms in total. The number of fused-ring (bicyclic) bond motifs is 1. The van der Waals surface area contributed by atoms with Crippen molar-refractivity contribution < 1.29 is 19.1 Å². The van der Waals surface area contributed by atoms with Crippen molar-refractivity contribution in [3.8, 4) is 6.07 Å². The molecule has 0 aliphatic heterocycles. The minimum atomic E-state index is -0.761. The number of ketones is 1. The number of aryl methyl sites for hydroxylation is 1. The standard InChI is InChI=1S/C19H20N2O4/c1-3-11-24-14(2)19(23)25-13-18(22)16-12-21(10-6-9-20)17-8-5-4-7-15(16)17/h3-5,7-8,12,14H,1,6,10-11,13H2,2H3. The van der Waals surface area contributed by atoms with Crippen LogP contribution in [0, 0.1) is 11.3 Å². The van der Waals surface area contributed by atoms with E-state index in [1.807, 2.05) is 28.8 Å². The number of ether oxygens (including phenoxy) is 2. The average molecular weight is 340 g/mol. The Morgan fingerprint density at radius 3 is 2.88 bits per heavy atom. The van der Waals surface area contributed by atoms with Gasteiger partial charge < -0.3 is 14.0 Å². The van der Waals surface area contributed by atoms with Crippen LogP contribution in [-0.2, 0) is 20.8 Å². The molecule has 1 unspecified atom stereocenters. The smallest absolute Gasteiger partial charge is 0.335 e. The number of para-hydroxylation sites is 1. The van der Waals surface area contributed by atoms with Crippen molar-refractivity contribution in [2.45, 2.75) is 26.0 Å². The van der Waals surface area contributed by atoms with Crippen molar-refractivity contribution in [2.24, 2.45) is 0 Å². The molecule has 0 spiro atoms. The molecule has 1 heterocycles. The molecule has 1 atom stereocenters. The predicted octanol–water partition coefficient (Wildman–Crippen LogP) is 2.87. The Hall–Kier alpha value is -2.91. The zero-order valence-electron chi connectivity index (χ0n) is 14.1. The summed E-state index contributed by atoms with van der Waals surface area (Å²) in [5.41, 5.74) is 1.34. The van der Waals surface area contributed by atoms with Crippen molar-refractivity contribution in [2.75, 3.05) is 13.2 Å². The van der Waals surface area contributed by atoms with Crippen LogP contribution in [0.15, 0.2) is 43.1 Å². The summed E-state index contributed by atoms with van der Waals surface area (Å²) in [6.07, 6.45) is 2.82. The van der Waals surface area contributed by atoms with Gasteiger partial charge in [-0.1, -0.05) is 24.3 Å². The lowest BCUT2D eigenvalue weighted by Crippen LogP contribution is -2.25. The van der Waals surface area contributed by atoms with Gasteiger partial charge in [-0.2, -0.15) is 5.26 Å². The topological polar surface area (TPSA) is 81.3 Å². The lowest BCUT2D eigenvalue weighted by molar-refractivity contribution is -0.154. The first-order valence-corrected chi connectivity index (χ1v) is 7.95. The normalized spacial score (nSPS) is 11.7. The summed E-state index contributed by atoms with van der Waals surface area (Å²) in [6, 6.07) is 9.53. The number of rotatable bonds is 9. The molecule has 0 amide bonds. The van der Waals surface area contributed by atoms with Crippen LogP contribution in [0.25, 0.3) is 10.9 Å². The molecule has 0 radical (unpaired) electrons. The third-order valence-electron chi connectivity index (χ3n) is 3.70. The fourth-order valence-corrected chi connectivity index (χ4v) is 2.44. The van der Waals surface area contributed by atoms with E-state index in [0.29, 0.717) is 18.5 Å². The van der Waals surface area contributed by atoms with Gasteiger partial charge in [0.1, 0.15) is 0 Å². The third-order valence-corrected chi connectivity index (χ3v) is 3.70. The van der Waals surface area contributed by atoms with E-state index in [1.54, 1.807) is 13.1 Å². The minimum absolute atomic E-state index is 0.233. The quantitative estimate of drug-likeness (QED) is 0.398. The van der Waals surface area contributed by atoms with E-state index in [4.69, 9.17) is 14.7 Å². The molecule has 0 aliphatic carbocycles. The highest BCUT2D eigenvalue weighted by Gasteiger charge is 2.19. The fraction of sp³-hybridized carbons (Fsp3) is 0.316. The van der Waals surface area contributed by atoms with E-state index in [2.05, 4.69) is 12.6 Å². The number of Topliss-reactive ketones (excluding diaryl/α,β-unsaturated/α-hetero) is 1. The highest BCUT2D eigenvalue weighted by Crippen LogP contribution is 2.22. The fourth-order valence-electron chi connectivity index (χ4n) is 2.44. The van der Waals surface area contributed by atoms with Gasteiger partial charge in [0.15, 0.2) is 12.7 Å². The molecule has 6 heteroatoms. The summed E-state index contributed by atoms with van der Waals surface area (Å²) in [5.74, 6) is -0.889. The number of benzene rings is 1. The van der Waals surface area contributed by atoms with Gasteiger partial charge >= 0.3 is 5.97 Å². The maximum atomic E-state index is 12.5. The molecule has 25 heavy (non-hydrogen) atoms. The van der Waals surface area contributed by atoms with Crippen LogP contribution in [0.1, 0.15) is 23.7 Å². The first-order valence-electron chi connectivity index (χ1n) is 7.95. The van der Waals surface area contributed by atoms with E-state index in [-0.39, 0.29) is 19.0 Å². The molecule has 0 N–H and O–H groups in total. The van der Waals surface area contributed by atoms with Crippen LogP contribution in [0.2, 0.25) is 0 Å². The molecule has 130 valence electrons. The third kappa shape index (κ3) is 4.55. The maximum Gasteiger partial charge on any atom is 0.335 e. The monoisotopic (exact) mass is 340 g/mol. The number of hydrogen-bond donors (Lipinski definition) is 0. The van der Waals surface area contributed by atoms with Gasteiger partial charge in [0.2, 0.25) is 5.78 Å². The molecule has 2 rings (SSSR count). The summed E-state index contributed by atoms with van der Waals surface area (Å²) < 4.78 is 12.1. The van der Waals surface area contributed by atoms with Gasteiger partial charge in [-0.3, -0.25) is 4.79 Å². The van der Waals surface area contributed by atoms with Gasteiger partial charge in [-0.25, -0.2) is 4.79 Å². The number of aromatic nitrogens is 1. The predicted molar refractivity (Wildman–Crippen MR) is 93.1 cm³/mol. The van der Waals surface area contributed by atoms with E-state index in [1.165, 1.54) is 6.08 Å². The van der Waals surface area contributed by atoms with Crippen molar-refractivity contribution in [1.29, 1.82) is 5.26 Å². The lowest BCUT2D eigenvalue weighted by Gasteiger charge is -2.10. The number of esters is 1. The lowest BCUT2D eigenvalue weighted by atomic mass is 10.1. The van der Waals surface area contributed by atoms with Gasteiger partial charge in [-0.15, -0.1) is 6.58 Å². The Morgan fingerprint density at radius 2 is 2.16 bits per heavy atom. The molecule has 0 aliphatic rings. The summed E-state index contributed by atoms with van der Waals surface area (Å²) in [6.45, 7) is 5.44. The van der Waals surface area contributed by atoms with E-state index >= 15 is 0 Å². The highest BCUT2D eigenvalue weighted by molar-refractivity contribution is 6.09. The van der Waals surface area contributed by atoms with Crippen LogP contribution in [0.4, 0.5) is 0 Å². The zero-order valence-corrected chi connectivity index (χ0v) is 14.1. The van der Waals surface area contributed by atoms with E-state index in [0.717, 1.165) is 10.9 Å².